The molecule has 0 radical (unpaired) electrons. The van der Waals surface area contributed by atoms with Crippen LogP contribution in [0.2, 0.25) is 0 Å². The minimum Gasteiger partial charge on any atom is -0.239 e. The van der Waals surface area contributed by atoms with E-state index >= 15 is 0 Å². The van der Waals surface area contributed by atoms with Gasteiger partial charge < -0.3 is 0 Å². The molecule has 1 aromatic heterocycles. The number of aryl methyl sites for hydroxylation is 2. The van der Waals surface area contributed by atoms with Crippen LogP contribution < -0.4 is 4.68 Å². The highest BCUT2D eigenvalue weighted by molar-refractivity contribution is 5.95. The zero-order chi connectivity index (χ0) is 16.3. The van der Waals surface area contributed by atoms with Crippen LogP contribution in [0, 0.1) is 33.9 Å². The Balaban J connectivity index is 2.16. The lowest BCUT2D eigenvalue weighted by Crippen LogP contribution is -2.36. The van der Waals surface area contributed by atoms with Gasteiger partial charge in [-0.15, -0.1) is 9.36 Å². The molecule has 1 aliphatic heterocycles. The van der Waals surface area contributed by atoms with Crippen molar-refractivity contribution >= 4 is 22.3 Å². The lowest BCUT2D eigenvalue weighted by molar-refractivity contribution is -0.749. The van der Waals surface area contributed by atoms with Gasteiger partial charge in [-0.2, -0.15) is 0 Å². The number of aromatic nitrogens is 2. The lowest BCUT2D eigenvalue weighted by Gasteiger charge is -2.09. The standard InChI is InChI=1S/C19H15N4/c1-11-6-12(2)18-16(13(11)3)10-22-9-14-7-15(20-4)8-17(21-5)19(14)23(18)22/h6-9H,10H2,1-3H3/q+1. The van der Waals surface area contributed by atoms with Gasteiger partial charge in [-0.3, -0.25) is 0 Å². The Morgan fingerprint density at radius 2 is 1.83 bits per heavy atom. The minimum atomic E-state index is 0.519. The monoisotopic (exact) mass is 299 g/mol. The summed E-state index contributed by atoms with van der Waals surface area (Å²) in [6.07, 6.45) is 2.05. The highest BCUT2D eigenvalue weighted by atomic mass is 15.4. The molecule has 4 rings (SSSR count). The Morgan fingerprint density at radius 1 is 1.04 bits per heavy atom. The van der Waals surface area contributed by atoms with Crippen molar-refractivity contribution in [3.63, 3.8) is 0 Å². The highest BCUT2D eigenvalue weighted by Gasteiger charge is 2.32. The second-order valence-electron chi connectivity index (χ2n) is 6.13. The average Bonchev–Trinajstić information content (AvgIpc) is 3.07. The fraction of sp³-hybridized carbons (Fsp3) is 0.211. The summed E-state index contributed by atoms with van der Waals surface area (Å²) in [7, 11) is 0. The summed E-state index contributed by atoms with van der Waals surface area (Å²) in [5.74, 6) is 0. The number of hydrogen-bond donors (Lipinski definition) is 0. The van der Waals surface area contributed by atoms with E-state index in [1.54, 1.807) is 6.07 Å². The molecule has 4 nitrogen and oxygen atoms in total. The molecule has 4 heteroatoms. The third kappa shape index (κ3) is 1.67. The van der Waals surface area contributed by atoms with Gasteiger partial charge in [0, 0.05) is 5.39 Å². The number of fused-ring (bicyclic) bond motifs is 5. The van der Waals surface area contributed by atoms with Gasteiger partial charge >= 0.3 is 0 Å². The topological polar surface area (TPSA) is 17.5 Å². The lowest BCUT2D eigenvalue weighted by atomic mass is 9.98. The molecule has 1 aliphatic rings. The first kappa shape index (κ1) is 13.5. The van der Waals surface area contributed by atoms with E-state index in [0.29, 0.717) is 11.4 Å². The van der Waals surface area contributed by atoms with E-state index in [9.17, 15) is 0 Å². The van der Waals surface area contributed by atoms with Crippen molar-refractivity contribution in [1.29, 1.82) is 0 Å². The summed E-state index contributed by atoms with van der Waals surface area (Å²) in [5.41, 5.74) is 8.31. The molecule has 0 unspecified atom stereocenters. The van der Waals surface area contributed by atoms with Crippen LogP contribution in [0.5, 0.6) is 0 Å². The fourth-order valence-electron chi connectivity index (χ4n) is 3.61. The maximum Gasteiger partial charge on any atom is 0.207 e. The molecule has 0 amide bonds. The normalized spacial score (nSPS) is 11.9. The second kappa shape index (κ2) is 4.44. The van der Waals surface area contributed by atoms with Gasteiger partial charge in [-0.25, -0.2) is 9.69 Å². The van der Waals surface area contributed by atoms with E-state index in [-0.39, 0.29) is 0 Å². The third-order valence-electron chi connectivity index (χ3n) is 4.78. The SMILES string of the molecule is [C-]#[N+]c1cc([N+]#[C-])c2c(c1)c[n+]1n2-c2c(C)cc(C)c(C)c2C1. The molecule has 0 fully saturated rings. The molecular formula is C19H15N4+. The van der Waals surface area contributed by atoms with Gasteiger partial charge in [0.2, 0.25) is 11.9 Å². The summed E-state index contributed by atoms with van der Waals surface area (Å²) in [6, 6.07) is 5.76. The first-order chi connectivity index (χ1) is 11.0. The molecule has 2 heterocycles. The number of rotatable bonds is 0. The van der Waals surface area contributed by atoms with Crippen molar-refractivity contribution in [2.24, 2.45) is 0 Å². The van der Waals surface area contributed by atoms with E-state index in [0.717, 1.165) is 17.4 Å². The van der Waals surface area contributed by atoms with Crippen molar-refractivity contribution in [2.75, 3.05) is 0 Å². The largest absolute Gasteiger partial charge is 0.239 e. The van der Waals surface area contributed by atoms with E-state index in [1.807, 2.05) is 12.3 Å². The quantitative estimate of drug-likeness (QED) is 0.340. The summed E-state index contributed by atoms with van der Waals surface area (Å²) in [6.45, 7) is 22.0. The van der Waals surface area contributed by atoms with Gasteiger partial charge in [0.15, 0.2) is 12.2 Å². The van der Waals surface area contributed by atoms with Crippen LogP contribution >= 0.6 is 0 Å². The van der Waals surface area contributed by atoms with Gasteiger partial charge in [-0.1, -0.05) is 6.07 Å². The average molecular weight is 299 g/mol. The molecule has 0 bridgehead atoms. The number of benzene rings is 2. The summed E-state index contributed by atoms with van der Waals surface area (Å²) < 4.78 is 4.30. The smallest absolute Gasteiger partial charge is 0.207 e. The molecular weight excluding hydrogens is 284 g/mol. The van der Waals surface area contributed by atoms with Crippen LogP contribution in [-0.2, 0) is 6.54 Å². The molecule has 0 N–H and O–H groups in total. The summed E-state index contributed by atoms with van der Waals surface area (Å²) in [5, 5.41) is 0.952. The van der Waals surface area contributed by atoms with Crippen LogP contribution in [0.1, 0.15) is 22.3 Å². The molecule has 0 aliphatic carbocycles. The maximum atomic E-state index is 7.51. The predicted molar refractivity (Wildman–Crippen MR) is 89.3 cm³/mol. The van der Waals surface area contributed by atoms with Gasteiger partial charge in [0.25, 0.3) is 0 Å². The van der Waals surface area contributed by atoms with E-state index in [4.69, 9.17) is 13.1 Å². The second-order valence-corrected chi connectivity index (χ2v) is 6.13. The van der Waals surface area contributed by atoms with Crippen molar-refractivity contribution in [3.8, 4) is 5.69 Å². The highest BCUT2D eigenvalue weighted by Crippen LogP contribution is 2.37. The van der Waals surface area contributed by atoms with Crippen LogP contribution in [0.3, 0.4) is 0 Å². The number of hydrogen-bond acceptors (Lipinski definition) is 0. The van der Waals surface area contributed by atoms with Crippen LogP contribution in [0.25, 0.3) is 26.3 Å². The molecule has 3 aromatic rings. The predicted octanol–water partition coefficient (Wildman–Crippen LogP) is 4.31. The Labute approximate surface area is 134 Å². The third-order valence-corrected chi connectivity index (χ3v) is 4.78. The summed E-state index contributed by atoms with van der Waals surface area (Å²) >= 11 is 0. The number of nitrogens with zero attached hydrogens (tertiary/aromatic N) is 4. The Bertz CT molecular complexity index is 1090. The Hall–Kier alpha value is -3.11. The Morgan fingerprint density at radius 3 is 2.52 bits per heavy atom. The molecule has 0 spiro atoms. The van der Waals surface area contributed by atoms with Crippen molar-refractivity contribution in [3.05, 3.63) is 69.5 Å². The molecule has 110 valence electrons. The summed E-state index contributed by atoms with van der Waals surface area (Å²) in [4.78, 5) is 7.16. The van der Waals surface area contributed by atoms with E-state index < -0.39 is 0 Å². The van der Waals surface area contributed by atoms with Crippen molar-refractivity contribution in [2.45, 2.75) is 27.3 Å². The van der Waals surface area contributed by atoms with E-state index in [1.165, 1.54) is 27.9 Å². The zero-order valence-electron chi connectivity index (χ0n) is 13.3. The first-order valence-electron chi connectivity index (χ1n) is 7.49. The van der Waals surface area contributed by atoms with Crippen LogP contribution in [-0.4, -0.2) is 4.68 Å². The molecule has 0 atom stereocenters. The van der Waals surface area contributed by atoms with Crippen molar-refractivity contribution < 1.29 is 4.68 Å². The van der Waals surface area contributed by atoms with Gasteiger partial charge in [0.05, 0.1) is 18.7 Å². The first-order valence-corrected chi connectivity index (χ1v) is 7.49. The zero-order valence-corrected chi connectivity index (χ0v) is 13.3. The van der Waals surface area contributed by atoms with Crippen LogP contribution in [0.4, 0.5) is 11.4 Å². The minimum absolute atomic E-state index is 0.519. The van der Waals surface area contributed by atoms with Gasteiger partial charge in [0.1, 0.15) is 11.2 Å². The molecule has 0 saturated heterocycles. The van der Waals surface area contributed by atoms with Gasteiger partial charge in [-0.05, 0) is 49.6 Å². The van der Waals surface area contributed by atoms with Crippen molar-refractivity contribution in [1.82, 2.24) is 4.68 Å². The molecule has 0 saturated carbocycles. The fourth-order valence-corrected chi connectivity index (χ4v) is 3.61. The van der Waals surface area contributed by atoms with E-state index in [2.05, 4.69) is 45.9 Å². The Kier molecular flexibility index (Phi) is 2.62. The van der Waals surface area contributed by atoms with Crippen LogP contribution in [0.15, 0.2) is 24.4 Å². The maximum absolute atomic E-state index is 7.51. The molecule has 2 aromatic carbocycles. The molecule has 23 heavy (non-hydrogen) atoms.